The summed E-state index contributed by atoms with van der Waals surface area (Å²) >= 11 is 2.61. The van der Waals surface area contributed by atoms with Crippen LogP contribution < -0.4 is 10.9 Å². The Hall–Kier alpha value is -3.23. The second-order valence-electron chi connectivity index (χ2n) is 6.92. The van der Waals surface area contributed by atoms with Gasteiger partial charge in [0.1, 0.15) is 4.70 Å². The first kappa shape index (κ1) is 21.0. The van der Waals surface area contributed by atoms with Crippen molar-refractivity contribution in [2.45, 2.75) is 12.1 Å². The number of ketones is 1. The molecule has 0 saturated heterocycles. The summed E-state index contributed by atoms with van der Waals surface area (Å²) in [4.78, 5) is 42.3. The summed E-state index contributed by atoms with van der Waals surface area (Å²) in [7, 11) is 1.66. The average molecular weight is 450 g/mol. The number of hydrogen-bond donors (Lipinski definition) is 1. The zero-order valence-corrected chi connectivity index (χ0v) is 18.5. The fraction of sp³-hybridized carbons (Fsp3) is 0.130. The van der Waals surface area contributed by atoms with E-state index in [0.29, 0.717) is 26.6 Å². The fourth-order valence-corrected chi connectivity index (χ4v) is 4.90. The Balaban J connectivity index is 1.52. The lowest BCUT2D eigenvalue weighted by molar-refractivity contribution is -0.113. The molecule has 8 heteroatoms. The predicted octanol–water partition coefficient (Wildman–Crippen LogP) is 4.60. The maximum atomic E-state index is 12.8. The highest BCUT2D eigenvalue weighted by Gasteiger charge is 2.15. The molecule has 0 atom stereocenters. The van der Waals surface area contributed by atoms with Crippen LogP contribution in [-0.2, 0) is 11.8 Å². The van der Waals surface area contributed by atoms with Crippen LogP contribution in [0.3, 0.4) is 0 Å². The molecule has 2 aromatic heterocycles. The molecule has 4 aromatic rings. The van der Waals surface area contributed by atoms with Crippen molar-refractivity contribution >= 4 is 50.7 Å². The van der Waals surface area contributed by atoms with E-state index in [-0.39, 0.29) is 23.0 Å². The minimum Gasteiger partial charge on any atom is -0.325 e. The van der Waals surface area contributed by atoms with E-state index >= 15 is 0 Å². The number of nitrogens with zero attached hydrogens (tertiary/aromatic N) is 2. The maximum absolute atomic E-state index is 12.8. The van der Waals surface area contributed by atoms with Crippen molar-refractivity contribution in [2.75, 3.05) is 11.1 Å². The van der Waals surface area contributed by atoms with E-state index in [1.807, 2.05) is 36.4 Å². The number of rotatable bonds is 6. The van der Waals surface area contributed by atoms with Crippen LogP contribution in [0.25, 0.3) is 20.7 Å². The zero-order valence-electron chi connectivity index (χ0n) is 16.9. The third-order valence-electron chi connectivity index (χ3n) is 4.66. The van der Waals surface area contributed by atoms with Gasteiger partial charge < -0.3 is 5.32 Å². The van der Waals surface area contributed by atoms with E-state index in [4.69, 9.17) is 0 Å². The van der Waals surface area contributed by atoms with Gasteiger partial charge in [0.25, 0.3) is 5.56 Å². The Morgan fingerprint density at radius 3 is 2.61 bits per heavy atom. The third kappa shape index (κ3) is 4.60. The molecule has 0 radical (unpaired) electrons. The van der Waals surface area contributed by atoms with Gasteiger partial charge in [-0.2, -0.15) is 0 Å². The van der Waals surface area contributed by atoms with Crippen LogP contribution in [0.1, 0.15) is 17.3 Å². The largest absolute Gasteiger partial charge is 0.325 e. The lowest BCUT2D eigenvalue weighted by atomic mass is 10.1. The minimum atomic E-state index is -0.240. The average Bonchev–Trinajstić information content (AvgIpc) is 3.20. The number of carbonyl (C=O) groups excluding carboxylic acids is 2. The smallest absolute Gasteiger partial charge is 0.271 e. The van der Waals surface area contributed by atoms with Gasteiger partial charge in [-0.05, 0) is 30.7 Å². The number of thioether (sulfide) groups is 1. The highest BCUT2D eigenvalue weighted by atomic mass is 32.2. The molecule has 2 aromatic carbocycles. The van der Waals surface area contributed by atoms with Gasteiger partial charge in [-0.1, -0.05) is 54.2 Å². The Morgan fingerprint density at radius 1 is 1.10 bits per heavy atom. The lowest BCUT2D eigenvalue weighted by Gasteiger charge is -2.08. The van der Waals surface area contributed by atoms with Crippen LogP contribution >= 0.6 is 23.1 Å². The molecule has 4 rings (SSSR count). The second-order valence-corrected chi connectivity index (χ2v) is 8.92. The highest BCUT2D eigenvalue weighted by molar-refractivity contribution is 7.99. The maximum Gasteiger partial charge on any atom is 0.271 e. The summed E-state index contributed by atoms with van der Waals surface area (Å²) < 4.78 is 2.07. The summed E-state index contributed by atoms with van der Waals surface area (Å²) in [5.74, 6) is -0.217. The van der Waals surface area contributed by atoms with Crippen LogP contribution in [0, 0.1) is 0 Å². The number of anilines is 1. The summed E-state index contributed by atoms with van der Waals surface area (Å²) in [6.45, 7) is 1.48. The van der Waals surface area contributed by atoms with Gasteiger partial charge in [0.2, 0.25) is 5.91 Å². The number of amides is 1. The predicted molar refractivity (Wildman–Crippen MR) is 126 cm³/mol. The number of thiophene rings is 1. The number of Topliss-reactive ketones (excluding diaryl/α,β-unsaturated/α-hetero) is 1. The molecule has 156 valence electrons. The molecule has 1 N–H and O–H groups in total. The molecule has 0 unspecified atom stereocenters. The van der Waals surface area contributed by atoms with Gasteiger partial charge in [-0.3, -0.25) is 19.0 Å². The van der Waals surface area contributed by atoms with Gasteiger partial charge >= 0.3 is 0 Å². The first-order valence-corrected chi connectivity index (χ1v) is 11.3. The Bertz CT molecular complexity index is 1340. The first-order chi connectivity index (χ1) is 14.9. The summed E-state index contributed by atoms with van der Waals surface area (Å²) in [5, 5.41) is 3.25. The van der Waals surface area contributed by atoms with E-state index in [1.165, 1.54) is 34.6 Å². The van der Waals surface area contributed by atoms with Crippen molar-refractivity contribution in [3.05, 3.63) is 76.6 Å². The molecular weight excluding hydrogens is 430 g/mol. The first-order valence-electron chi connectivity index (χ1n) is 9.52. The lowest BCUT2D eigenvalue weighted by Crippen LogP contribution is -2.20. The Kier molecular flexibility index (Phi) is 6.01. The molecule has 0 aliphatic carbocycles. The summed E-state index contributed by atoms with van der Waals surface area (Å²) in [5.41, 5.74) is 2.62. The van der Waals surface area contributed by atoms with Crippen LogP contribution in [0.15, 0.2) is 70.6 Å². The molecule has 6 nitrogen and oxygen atoms in total. The van der Waals surface area contributed by atoms with Crippen molar-refractivity contribution in [2.24, 2.45) is 7.05 Å². The number of aromatic nitrogens is 2. The number of hydrogen-bond acceptors (Lipinski definition) is 6. The van der Waals surface area contributed by atoms with Crippen molar-refractivity contribution in [3.8, 4) is 10.4 Å². The molecule has 0 aliphatic heterocycles. The SMILES string of the molecule is CC(=O)c1cccc(NC(=O)CSc2nc3cc(-c4ccccc4)sc3c(=O)n2C)c1. The minimum absolute atomic E-state index is 0.0661. The molecule has 0 saturated carbocycles. The van der Waals surface area contributed by atoms with E-state index < -0.39 is 0 Å². The molecule has 0 fully saturated rings. The summed E-state index contributed by atoms with van der Waals surface area (Å²) in [6, 6.07) is 18.6. The van der Waals surface area contributed by atoms with E-state index in [1.54, 1.807) is 31.3 Å². The van der Waals surface area contributed by atoms with E-state index in [0.717, 1.165) is 10.4 Å². The van der Waals surface area contributed by atoms with Crippen molar-refractivity contribution in [1.82, 2.24) is 9.55 Å². The van der Waals surface area contributed by atoms with Crippen LogP contribution in [0.2, 0.25) is 0 Å². The van der Waals surface area contributed by atoms with Gasteiger partial charge in [-0.15, -0.1) is 11.3 Å². The van der Waals surface area contributed by atoms with Gasteiger partial charge in [0.05, 0.1) is 11.3 Å². The van der Waals surface area contributed by atoms with Crippen molar-refractivity contribution in [1.29, 1.82) is 0 Å². The fourth-order valence-electron chi connectivity index (χ4n) is 3.05. The Morgan fingerprint density at radius 2 is 1.87 bits per heavy atom. The van der Waals surface area contributed by atoms with E-state index in [9.17, 15) is 14.4 Å². The van der Waals surface area contributed by atoms with Crippen LogP contribution in [0.5, 0.6) is 0 Å². The topological polar surface area (TPSA) is 81.1 Å². The molecule has 2 heterocycles. The second kappa shape index (κ2) is 8.87. The number of nitrogens with one attached hydrogen (secondary N) is 1. The third-order valence-corrected chi connectivity index (χ3v) is 6.85. The van der Waals surface area contributed by atoms with Gasteiger partial charge in [0.15, 0.2) is 10.9 Å². The van der Waals surface area contributed by atoms with Crippen LogP contribution in [0.4, 0.5) is 5.69 Å². The van der Waals surface area contributed by atoms with Crippen molar-refractivity contribution in [3.63, 3.8) is 0 Å². The number of fused-ring (bicyclic) bond motifs is 1. The normalized spacial score (nSPS) is 10.9. The zero-order chi connectivity index (χ0) is 22.0. The standard InChI is InChI=1S/C23H19N3O3S2/c1-14(27)16-9-6-10-17(11-16)24-20(28)13-30-23-25-18-12-19(15-7-4-3-5-8-15)31-21(18)22(29)26(23)2/h3-12H,13H2,1-2H3,(H,24,28). The van der Waals surface area contributed by atoms with Crippen LogP contribution in [-0.4, -0.2) is 27.0 Å². The monoisotopic (exact) mass is 449 g/mol. The van der Waals surface area contributed by atoms with Gasteiger partial charge in [-0.25, -0.2) is 4.98 Å². The Labute approximate surface area is 186 Å². The number of carbonyl (C=O) groups is 2. The molecule has 1 amide bonds. The molecule has 0 spiro atoms. The molecule has 0 bridgehead atoms. The van der Waals surface area contributed by atoms with E-state index in [2.05, 4.69) is 10.3 Å². The molecule has 0 aliphatic rings. The highest BCUT2D eigenvalue weighted by Crippen LogP contribution is 2.31. The quantitative estimate of drug-likeness (QED) is 0.264. The number of benzene rings is 2. The van der Waals surface area contributed by atoms with Crippen molar-refractivity contribution < 1.29 is 9.59 Å². The molecule has 31 heavy (non-hydrogen) atoms. The summed E-state index contributed by atoms with van der Waals surface area (Å²) in [6.07, 6.45) is 0. The van der Waals surface area contributed by atoms with Gasteiger partial charge in [0, 0.05) is 23.2 Å². The molecular formula is C23H19N3O3S2.